The van der Waals surface area contributed by atoms with Gasteiger partial charge in [-0.1, -0.05) is 131 Å². The van der Waals surface area contributed by atoms with E-state index in [4.69, 9.17) is 18.9 Å². The Morgan fingerprint density at radius 1 is 0.449 bits per heavy atom. The molecule has 4 amide bonds. The monoisotopic (exact) mass is 1080 g/mol. The molecule has 3 aromatic rings. The van der Waals surface area contributed by atoms with Crippen molar-refractivity contribution in [2.24, 2.45) is 23.7 Å². The fourth-order valence-corrected chi connectivity index (χ4v) is 9.57. The summed E-state index contributed by atoms with van der Waals surface area (Å²) in [4.78, 5) is 121. The van der Waals surface area contributed by atoms with Crippen LogP contribution in [0.3, 0.4) is 0 Å². The largest absolute Gasteiger partial charge is 0.451 e. The van der Waals surface area contributed by atoms with Gasteiger partial charge in [-0.15, -0.1) is 0 Å². The van der Waals surface area contributed by atoms with Crippen LogP contribution in [-0.2, 0) is 82.1 Å². The molecule has 2 aromatic carbocycles. The lowest BCUT2D eigenvalue weighted by Gasteiger charge is -2.35. The van der Waals surface area contributed by atoms with Crippen LogP contribution >= 0.6 is 0 Å². The average molecular weight is 1090 g/mol. The van der Waals surface area contributed by atoms with E-state index in [1.165, 1.54) is 46.9 Å². The Morgan fingerprint density at radius 3 is 1.12 bits per heavy atom. The van der Waals surface area contributed by atoms with Crippen molar-refractivity contribution in [2.75, 3.05) is 28.2 Å². The lowest BCUT2D eigenvalue weighted by Crippen LogP contribution is -2.55. The Bertz CT molecular complexity index is 2500. The SMILES string of the molecule is CC(C)C[C@H]1C(=O)O[C@H](Cc2ccc(Cn3nccc3C(C)(C)C)cc2)C(=O)N(C)[C@@H](CC(C)C)C(=O)O[C@H](C)C(=O)N(C)[C@@H](CC(C)C)C(=O)O[C@H](Cc2ccccc2)C(=O)N(C)[C@@H](CC(C)C)C(=O)O[C@H](C)C(=O)N1C. The number of hydrogen-bond donors (Lipinski definition) is 0. The van der Waals surface area contributed by atoms with E-state index in [9.17, 15) is 33.6 Å². The molecule has 1 aliphatic rings. The molecule has 78 heavy (non-hydrogen) atoms. The molecule has 0 saturated carbocycles. The maximum Gasteiger partial charge on any atom is 0.329 e. The number of rotatable bonds is 14. The van der Waals surface area contributed by atoms with E-state index in [-0.39, 0.29) is 67.6 Å². The molecule has 0 N–H and O–H groups in total. The van der Waals surface area contributed by atoms with Crippen LogP contribution in [0.2, 0.25) is 0 Å². The van der Waals surface area contributed by atoms with Crippen molar-refractivity contribution in [2.45, 2.75) is 189 Å². The van der Waals surface area contributed by atoms with E-state index < -0.39 is 96.1 Å². The molecule has 0 bridgehead atoms. The van der Waals surface area contributed by atoms with Crippen molar-refractivity contribution < 1.29 is 57.3 Å². The zero-order chi connectivity index (χ0) is 58.5. The first-order valence-corrected chi connectivity index (χ1v) is 27.4. The first-order valence-electron chi connectivity index (χ1n) is 27.4. The van der Waals surface area contributed by atoms with E-state index in [0.717, 1.165) is 26.0 Å². The summed E-state index contributed by atoms with van der Waals surface area (Å²) < 4.78 is 26.0. The summed E-state index contributed by atoms with van der Waals surface area (Å²) in [7, 11) is 5.59. The van der Waals surface area contributed by atoms with Crippen molar-refractivity contribution in [1.82, 2.24) is 29.4 Å². The highest BCUT2D eigenvalue weighted by Crippen LogP contribution is 2.26. The Morgan fingerprint density at radius 2 is 0.769 bits per heavy atom. The van der Waals surface area contributed by atoms with Gasteiger partial charge in [-0.25, -0.2) is 19.2 Å². The predicted octanol–water partition coefficient (Wildman–Crippen LogP) is 7.21. The second-order valence-corrected chi connectivity index (χ2v) is 23.7. The number of benzene rings is 2. The van der Waals surface area contributed by atoms with E-state index >= 15 is 4.79 Å². The molecule has 18 heteroatoms. The molecule has 8 atom stereocenters. The Labute approximate surface area is 462 Å². The quantitative estimate of drug-likeness (QED) is 0.116. The highest BCUT2D eigenvalue weighted by Gasteiger charge is 2.43. The van der Waals surface area contributed by atoms with E-state index in [1.54, 1.807) is 36.5 Å². The van der Waals surface area contributed by atoms with Crippen LogP contribution in [0.4, 0.5) is 0 Å². The highest BCUT2D eigenvalue weighted by atomic mass is 16.6. The number of hydrogen-bond acceptors (Lipinski definition) is 13. The fraction of sp³-hybridized carbons (Fsp3) is 0.617. The number of nitrogens with zero attached hydrogens (tertiary/aromatic N) is 6. The van der Waals surface area contributed by atoms with Crippen LogP contribution in [0.25, 0.3) is 0 Å². The first kappa shape index (κ1) is 63.9. The molecular weight excluding hydrogens is 997 g/mol. The minimum absolute atomic E-state index is 0.0890. The van der Waals surface area contributed by atoms with Gasteiger partial charge in [-0.2, -0.15) is 5.10 Å². The number of carbonyl (C=O) groups excluding carboxylic acids is 8. The zero-order valence-corrected chi connectivity index (χ0v) is 49.3. The van der Waals surface area contributed by atoms with Crippen molar-refractivity contribution in [3.05, 3.63) is 89.2 Å². The smallest absolute Gasteiger partial charge is 0.329 e. The van der Waals surface area contributed by atoms with Crippen LogP contribution in [0.5, 0.6) is 0 Å². The molecule has 4 rings (SSSR count). The molecule has 2 heterocycles. The minimum atomic E-state index is -1.53. The molecule has 0 spiro atoms. The summed E-state index contributed by atoms with van der Waals surface area (Å²) >= 11 is 0. The number of esters is 4. The lowest BCUT2D eigenvalue weighted by molar-refractivity contribution is -0.176. The van der Waals surface area contributed by atoms with Crippen molar-refractivity contribution in [3.63, 3.8) is 0 Å². The Balaban J connectivity index is 1.86. The van der Waals surface area contributed by atoms with Crippen molar-refractivity contribution >= 4 is 47.5 Å². The van der Waals surface area contributed by atoms with Crippen LogP contribution in [0, 0.1) is 23.7 Å². The number of ether oxygens (including phenoxy) is 4. The molecule has 1 aromatic heterocycles. The van der Waals surface area contributed by atoms with Crippen LogP contribution in [0.1, 0.15) is 138 Å². The van der Waals surface area contributed by atoms with Gasteiger partial charge in [-0.05, 0) is 86.0 Å². The number of amides is 4. The third kappa shape index (κ3) is 17.7. The first-order chi connectivity index (χ1) is 36.4. The molecule has 18 nitrogen and oxygen atoms in total. The third-order valence-corrected chi connectivity index (χ3v) is 14.0. The van der Waals surface area contributed by atoms with Gasteiger partial charge < -0.3 is 38.5 Å². The molecule has 0 radical (unpaired) electrons. The normalized spacial score (nSPS) is 23.8. The standard InChI is InChI=1S/C60H88N6O12/c1-36(2)29-45-56(71)75-41(10)53(68)63(15)48(32-39(7)8)59(74)78-50(34-43-23-25-44(26-24-43)35-66-51(27-28-61-66)60(11,12)13)55(70)65(17)46(30-37(3)4)57(72)76-40(9)52(67)62(14)47(31-38(5)6)58(73)77-49(54(69)64(45)16)33-42-21-19-18-20-22-42/h18-28,36-41,45-50H,29-35H2,1-17H3/t40-,41-,45+,46+,47+,48+,49-,50-/m1/s1. The number of cyclic esters (lactones) is 4. The maximum atomic E-state index is 15.0. The summed E-state index contributed by atoms with van der Waals surface area (Å²) in [6.45, 7) is 24.4. The molecule has 1 fully saturated rings. The lowest BCUT2D eigenvalue weighted by atomic mass is 9.92. The van der Waals surface area contributed by atoms with E-state index in [0.29, 0.717) is 17.7 Å². The predicted molar refractivity (Wildman–Crippen MR) is 295 cm³/mol. The summed E-state index contributed by atoms with van der Waals surface area (Å²) in [5, 5.41) is 4.54. The minimum Gasteiger partial charge on any atom is -0.451 e. The molecule has 1 aliphatic heterocycles. The van der Waals surface area contributed by atoms with Gasteiger partial charge in [0.25, 0.3) is 23.6 Å². The van der Waals surface area contributed by atoms with Crippen molar-refractivity contribution in [3.8, 4) is 0 Å². The van der Waals surface area contributed by atoms with E-state index in [2.05, 4.69) is 25.9 Å². The molecule has 0 aliphatic carbocycles. The molecule has 0 unspecified atom stereocenters. The van der Waals surface area contributed by atoms with Crippen LogP contribution < -0.4 is 0 Å². The van der Waals surface area contributed by atoms with E-state index in [1.807, 2.05) is 90.4 Å². The van der Waals surface area contributed by atoms with Crippen LogP contribution in [0.15, 0.2) is 66.9 Å². The van der Waals surface area contributed by atoms with Crippen LogP contribution in [-0.4, -0.2) is 154 Å². The second-order valence-electron chi connectivity index (χ2n) is 23.7. The summed E-state index contributed by atoms with van der Waals surface area (Å²) in [6, 6.07) is 13.2. The second kappa shape index (κ2) is 28.3. The van der Waals surface area contributed by atoms with Gasteiger partial charge in [0.05, 0.1) is 6.54 Å². The van der Waals surface area contributed by atoms with Gasteiger partial charge >= 0.3 is 23.9 Å². The summed E-state index contributed by atoms with van der Waals surface area (Å²) in [5.41, 5.74) is 3.09. The fourth-order valence-electron chi connectivity index (χ4n) is 9.57. The summed E-state index contributed by atoms with van der Waals surface area (Å²) in [6.07, 6.45) is -4.03. The molecular formula is C60H88N6O12. The van der Waals surface area contributed by atoms with Gasteiger partial charge in [0, 0.05) is 58.3 Å². The molecule has 430 valence electrons. The van der Waals surface area contributed by atoms with Gasteiger partial charge in [-0.3, -0.25) is 23.9 Å². The number of likely N-dealkylation sites (N-methyl/N-ethyl adjacent to an activating group) is 4. The average Bonchev–Trinajstić information content (AvgIpc) is 3.85. The Hall–Kier alpha value is -6.59. The van der Waals surface area contributed by atoms with Crippen molar-refractivity contribution in [1.29, 1.82) is 0 Å². The zero-order valence-electron chi connectivity index (χ0n) is 49.3. The van der Waals surface area contributed by atoms with Gasteiger partial charge in [0.1, 0.15) is 24.2 Å². The number of carbonyl (C=O) groups is 8. The number of aromatic nitrogens is 2. The van der Waals surface area contributed by atoms with Gasteiger partial charge in [0.15, 0.2) is 24.4 Å². The topological polar surface area (TPSA) is 204 Å². The van der Waals surface area contributed by atoms with Gasteiger partial charge in [0.2, 0.25) is 0 Å². The summed E-state index contributed by atoms with van der Waals surface area (Å²) in [5.74, 6) is -7.29. The molecule has 1 saturated heterocycles. The highest BCUT2D eigenvalue weighted by molar-refractivity contribution is 5.94. The Kier molecular flexibility index (Phi) is 23.2. The maximum absolute atomic E-state index is 15.0. The third-order valence-electron chi connectivity index (χ3n) is 14.0.